The topological polar surface area (TPSA) is 140 Å². The highest BCUT2D eigenvalue weighted by atomic mass is 16.3. The van der Waals surface area contributed by atoms with E-state index in [1.807, 2.05) is 22.9 Å². The van der Waals surface area contributed by atoms with Crippen LogP contribution in [-0.2, 0) is 6.54 Å². The Kier molecular flexibility index (Phi) is 5.30. The molecule has 1 saturated heterocycles. The standard InChI is InChI=1S/C23H26N10O2/c1-15(34)17-4-2-6-19(26-17)31-10-7-30(8-11-31)9-12-32-21-16(14-25-32)22-27-20(18-5-3-13-35-18)29-33(22)23(24)28-21/h2-6,13-15,34H,7-12H2,1H3,(H2,24,28). The lowest BCUT2D eigenvalue weighted by Crippen LogP contribution is -2.47. The Hall–Kier alpha value is -4.03. The molecule has 35 heavy (non-hydrogen) atoms. The third-order valence-electron chi connectivity index (χ3n) is 6.35. The number of aliphatic hydroxyl groups excluding tert-OH is 1. The fourth-order valence-corrected chi connectivity index (χ4v) is 4.42. The molecule has 1 aliphatic heterocycles. The number of nitrogens with two attached hydrogens (primary N) is 1. The summed E-state index contributed by atoms with van der Waals surface area (Å²) in [6.45, 7) is 6.82. The molecule has 0 radical (unpaired) electrons. The van der Waals surface area contributed by atoms with Gasteiger partial charge >= 0.3 is 0 Å². The molecule has 3 N–H and O–H groups in total. The first-order chi connectivity index (χ1) is 17.1. The number of hydrogen-bond acceptors (Lipinski definition) is 10. The van der Waals surface area contributed by atoms with E-state index in [1.165, 1.54) is 4.52 Å². The summed E-state index contributed by atoms with van der Waals surface area (Å²) >= 11 is 0. The molecule has 0 amide bonds. The van der Waals surface area contributed by atoms with E-state index < -0.39 is 6.10 Å². The average molecular weight is 475 g/mol. The Morgan fingerprint density at radius 2 is 1.89 bits per heavy atom. The lowest BCUT2D eigenvalue weighted by molar-refractivity contribution is 0.194. The van der Waals surface area contributed by atoms with Gasteiger partial charge in [-0.1, -0.05) is 6.07 Å². The van der Waals surface area contributed by atoms with Crippen molar-refractivity contribution in [2.75, 3.05) is 43.4 Å². The van der Waals surface area contributed by atoms with Gasteiger partial charge in [0.1, 0.15) is 5.82 Å². The molecular formula is C23H26N10O2. The highest BCUT2D eigenvalue weighted by Gasteiger charge is 2.21. The van der Waals surface area contributed by atoms with Crippen molar-refractivity contribution in [2.24, 2.45) is 0 Å². The van der Waals surface area contributed by atoms with Crippen molar-refractivity contribution in [1.29, 1.82) is 0 Å². The Balaban J connectivity index is 1.15. The van der Waals surface area contributed by atoms with Crippen LogP contribution in [0.15, 0.2) is 47.2 Å². The van der Waals surface area contributed by atoms with Gasteiger partial charge in [0, 0.05) is 32.7 Å². The molecule has 1 atom stereocenters. The first-order valence-corrected chi connectivity index (χ1v) is 11.6. The third kappa shape index (κ3) is 3.96. The number of furan rings is 1. The van der Waals surface area contributed by atoms with E-state index in [2.05, 4.69) is 34.9 Å². The van der Waals surface area contributed by atoms with E-state index in [0.29, 0.717) is 35.1 Å². The SMILES string of the molecule is CC(O)c1cccc(N2CCN(CCn3ncc4c3nc(N)n3nc(-c5ccco5)nc43)CC2)n1. The Morgan fingerprint density at radius 3 is 2.66 bits per heavy atom. The summed E-state index contributed by atoms with van der Waals surface area (Å²) in [6, 6.07) is 9.39. The molecule has 1 unspecified atom stereocenters. The molecular weight excluding hydrogens is 448 g/mol. The molecule has 6 rings (SSSR count). The summed E-state index contributed by atoms with van der Waals surface area (Å²) in [6.07, 6.45) is 2.77. The van der Waals surface area contributed by atoms with Crippen molar-refractivity contribution in [3.05, 3.63) is 48.5 Å². The number of fused-ring (bicyclic) bond motifs is 3. The normalized spacial score (nSPS) is 15.9. The molecule has 12 heteroatoms. The zero-order valence-electron chi connectivity index (χ0n) is 19.3. The van der Waals surface area contributed by atoms with Gasteiger partial charge in [0.25, 0.3) is 0 Å². The van der Waals surface area contributed by atoms with Crippen LogP contribution in [0.4, 0.5) is 11.8 Å². The van der Waals surface area contributed by atoms with Gasteiger partial charge in [-0.15, -0.1) is 5.10 Å². The molecule has 5 aromatic rings. The second-order valence-electron chi connectivity index (χ2n) is 8.65. The molecule has 180 valence electrons. The van der Waals surface area contributed by atoms with Crippen molar-refractivity contribution >= 4 is 28.4 Å². The number of hydrogen-bond donors (Lipinski definition) is 2. The molecule has 6 heterocycles. The van der Waals surface area contributed by atoms with Crippen molar-refractivity contribution in [3.8, 4) is 11.6 Å². The van der Waals surface area contributed by atoms with E-state index >= 15 is 0 Å². The molecule has 0 bridgehead atoms. The lowest BCUT2D eigenvalue weighted by atomic mass is 10.2. The van der Waals surface area contributed by atoms with E-state index in [-0.39, 0.29) is 5.95 Å². The largest absolute Gasteiger partial charge is 0.461 e. The van der Waals surface area contributed by atoms with Crippen molar-refractivity contribution in [3.63, 3.8) is 0 Å². The molecule has 1 aliphatic rings. The van der Waals surface area contributed by atoms with E-state index in [4.69, 9.17) is 10.2 Å². The van der Waals surface area contributed by atoms with Gasteiger partial charge < -0.3 is 20.2 Å². The van der Waals surface area contributed by atoms with Crippen LogP contribution in [0.1, 0.15) is 18.7 Å². The summed E-state index contributed by atoms with van der Waals surface area (Å²) in [4.78, 5) is 18.4. The molecule has 1 fully saturated rings. The summed E-state index contributed by atoms with van der Waals surface area (Å²) in [7, 11) is 0. The van der Waals surface area contributed by atoms with Crippen LogP contribution in [0.25, 0.3) is 28.3 Å². The van der Waals surface area contributed by atoms with Gasteiger partial charge in [-0.25, -0.2) is 14.6 Å². The second-order valence-corrected chi connectivity index (χ2v) is 8.65. The summed E-state index contributed by atoms with van der Waals surface area (Å²) < 4.78 is 8.81. The molecule has 12 nitrogen and oxygen atoms in total. The van der Waals surface area contributed by atoms with Gasteiger partial charge in [-0.05, 0) is 31.2 Å². The predicted octanol–water partition coefficient (Wildman–Crippen LogP) is 1.59. The number of aliphatic hydroxyl groups is 1. The fraction of sp³-hybridized carbons (Fsp3) is 0.348. The van der Waals surface area contributed by atoms with E-state index in [0.717, 1.165) is 43.9 Å². The van der Waals surface area contributed by atoms with Crippen molar-refractivity contribution in [1.82, 2.24) is 39.2 Å². The van der Waals surface area contributed by atoms with Crippen molar-refractivity contribution in [2.45, 2.75) is 19.6 Å². The quantitative estimate of drug-likeness (QED) is 0.373. The van der Waals surface area contributed by atoms with E-state index in [9.17, 15) is 5.11 Å². The highest BCUT2D eigenvalue weighted by molar-refractivity contribution is 5.90. The average Bonchev–Trinajstić information content (AvgIpc) is 3.63. The van der Waals surface area contributed by atoms with Crippen LogP contribution in [-0.4, -0.2) is 77.1 Å². The first-order valence-electron chi connectivity index (χ1n) is 11.6. The van der Waals surface area contributed by atoms with Crippen molar-refractivity contribution < 1.29 is 9.52 Å². The van der Waals surface area contributed by atoms with Crippen LogP contribution in [0.5, 0.6) is 0 Å². The molecule has 0 aromatic carbocycles. The van der Waals surface area contributed by atoms with Crippen LogP contribution >= 0.6 is 0 Å². The monoisotopic (exact) mass is 474 g/mol. The maximum absolute atomic E-state index is 9.82. The minimum Gasteiger partial charge on any atom is -0.461 e. The Labute approximate surface area is 200 Å². The highest BCUT2D eigenvalue weighted by Crippen LogP contribution is 2.23. The van der Waals surface area contributed by atoms with Gasteiger partial charge in [0.2, 0.25) is 11.8 Å². The number of pyridine rings is 1. The third-order valence-corrected chi connectivity index (χ3v) is 6.35. The number of rotatable bonds is 6. The lowest BCUT2D eigenvalue weighted by Gasteiger charge is -2.35. The molecule has 5 aromatic heterocycles. The number of piperazine rings is 1. The minimum atomic E-state index is -0.571. The predicted molar refractivity (Wildman–Crippen MR) is 130 cm³/mol. The molecule has 0 saturated carbocycles. The zero-order valence-corrected chi connectivity index (χ0v) is 19.3. The summed E-state index contributed by atoms with van der Waals surface area (Å²) in [5, 5.41) is 19.6. The van der Waals surface area contributed by atoms with Crippen LogP contribution in [0, 0.1) is 0 Å². The van der Waals surface area contributed by atoms with Gasteiger partial charge in [-0.3, -0.25) is 4.90 Å². The van der Waals surface area contributed by atoms with Crippen LogP contribution in [0.3, 0.4) is 0 Å². The van der Waals surface area contributed by atoms with Gasteiger partial charge in [0.15, 0.2) is 17.1 Å². The maximum atomic E-state index is 9.82. The van der Waals surface area contributed by atoms with E-state index in [1.54, 1.807) is 31.5 Å². The Morgan fingerprint density at radius 1 is 1.03 bits per heavy atom. The Bertz CT molecular complexity index is 1460. The smallest absolute Gasteiger partial charge is 0.225 e. The van der Waals surface area contributed by atoms with Crippen LogP contribution in [0.2, 0.25) is 0 Å². The maximum Gasteiger partial charge on any atom is 0.225 e. The first kappa shape index (κ1) is 21.5. The number of nitrogen functional groups attached to an aromatic ring is 1. The minimum absolute atomic E-state index is 0.250. The van der Waals surface area contributed by atoms with Crippen LogP contribution < -0.4 is 10.6 Å². The van der Waals surface area contributed by atoms with Gasteiger partial charge in [0.05, 0.1) is 36.2 Å². The second kappa shape index (κ2) is 8.64. The number of aromatic nitrogens is 7. The number of nitrogens with zero attached hydrogens (tertiary/aromatic N) is 9. The zero-order chi connectivity index (χ0) is 23.9. The molecule has 0 spiro atoms. The van der Waals surface area contributed by atoms with Gasteiger partial charge in [-0.2, -0.15) is 14.6 Å². The summed E-state index contributed by atoms with van der Waals surface area (Å²) in [5.74, 6) is 2.18. The summed E-state index contributed by atoms with van der Waals surface area (Å²) in [5.41, 5.74) is 8.18. The fourth-order valence-electron chi connectivity index (χ4n) is 4.42. The number of anilines is 2. The molecule has 0 aliphatic carbocycles.